The first-order chi connectivity index (χ1) is 12.5. The molecule has 0 atom stereocenters. The van der Waals surface area contributed by atoms with Crippen molar-refractivity contribution in [3.8, 4) is 5.75 Å². The third kappa shape index (κ3) is 5.62. The van der Waals surface area contributed by atoms with Crippen LogP contribution in [0, 0.1) is 0 Å². The van der Waals surface area contributed by atoms with Crippen LogP contribution >= 0.6 is 0 Å². The van der Waals surface area contributed by atoms with Gasteiger partial charge in [-0.15, -0.1) is 0 Å². The predicted octanol–water partition coefficient (Wildman–Crippen LogP) is 1.78. The molecule has 0 aliphatic heterocycles. The zero-order chi connectivity index (χ0) is 18.9. The summed E-state index contributed by atoms with van der Waals surface area (Å²) in [5, 5.41) is 5.09. The number of nitrogens with one attached hydrogen (secondary N) is 2. The minimum Gasteiger partial charge on any atom is -0.497 e. The van der Waals surface area contributed by atoms with Crippen molar-refractivity contribution in [1.29, 1.82) is 0 Å². The van der Waals surface area contributed by atoms with E-state index in [-0.39, 0.29) is 12.3 Å². The van der Waals surface area contributed by atoms with E-state index in [4.69, 9.17) is 9.47 Å². The van der Waals surface area contributed by atoms with Crippen molar-refractivity contribution in [2.45, 2.75) is 6.42 Å². The molecule has 26 heavy (non-hydrogen) atoms. The van der Waals surface area contributed by atoms with Gasteiger partial charge in [-0.2, -0.15) is 0 Å². The third-order valence-electron chi connectivity index (χ3n) is 3.48. The lowest BCUT2D eigenvalue weighted by Crippen LogP contribution is -2.22. The van der Waals surface area contributed by atoms with Gasteiger partial charge < -0.3 is 20.1 Å². The number of hydrogen-bond donors (Lipinski definition) is 2. The number of rotatable bonds is 7. The summed E-state index contributed by atoms with van der Waals surface area (Å²) in [6.07, 6.45) is 0.0383. The smallest absolute Gasteiger partial charge is 0.310 e. The maximum Gasteiger partial charge on any atom is 0.310 e. The molecule has 2 aromatic carbocycles. The average molecular weight is 356 g/mol. The van der Waals surface area contributed by atoms with Gasteiger partial charge in [-0.1, -0.05) is 18.2 Å². The Hall–Kier alpha value is -3.35. The van der Waals surface area contributed by atoms with E-state index in [0.29, 0.717) is 17.0 Å². The molecule has 0 unspecified atom stereocenters. The summed E-state index contributed by atoms with van der Waals surface area (Å²) in [6.45, 7) is -0.410. The highest BCUT2D eigenvalue weighted by Gasteiger charge is 2.10. The van der Waals surface area contributed by atoms with Crippen LogP contribution in [-0.2, 0) is 20.7 Å². The van der Waals surface area contributed by atoms with E-state index in [1.807, 2.05) is 0 Å². The molecular weight excluding hydrogens is 336 g/mol. The predicted molar refractivity (Wildman–Crippen MR) is 96.1 cm³/mol. The summed E-state index contributed by atoms with van der Waals surface area (Å²) in [7, 11) is 3.07. The summed E-state index contributed by atoms with van der Waals surface area (Å²) in [5.74, 6) is -0.625. The van der Waals surface area contributed by atoms with Crippen molar-refractivity contribution < 1.29 is 23.9 Å². The summed E-state index contributed by atoms with van der Waals surface area (Å²) in [5.41, 5.74) is 1.59. The number of benzene rings is 2. The van der Waals surface area contributed by atoms with Gasteiger partial charge in [0.2, 0.25) is 0 Å². The van der Waals surface area contributed by atoms with Gasteiger partial charge in [-0.3, -0.25) is 14.4 Å². The molecule has 7 nitrogen and oxygen atoms in total. The summed E-state index contributed by atoms with van der Waals surface area (Å²) in [4.78, 5) is 35.4. The first kappa shape index (κ1) is 19.0. The van der Waals surface area contributed by atoms with E-state index in [0.717, 1.165) is 5.56 Å². The second kappa shape index (κ2) is 9.22. The molecular formula is C19H20N2O5. The Kier molecular flexibility index (Phi) is 6.73. The van der Waals surface area contributed by atoms with E-state index >= 15 is 0 Å². The van der Waals surface area contributed by atoms with Gasteiger partial charge in [0, 0.05) is 18.3 Å². The summed E-state index contributed by atoms with van der Waals surface area (Å²) in [6, 6.07) is 13.5. The maximum atomic E-state index is 11.9. The lowest BCUT2D eigenvalue weighted by Gasteiger charge is -2.08. The zero-order valence-corrected chi connectivity index (χ0v) is 14.6. The largest absolute Gasteiger partial charge is 0.497 e. The fourth-order valence-electron chi connectivity index (χ4n) is 2.23. The van der Waals surface area contributed by atoms with Crippen LogP contribution in [-0.4, -0.2) is 38.5 Å². The van der Waals surface area contributed by atoms with Gasteiger partial charge in [0.1, 0.15) is 5.75 Å². The number of methoxy groups -OCH3 is 1. The van der Waals surface area contributed by atoms with Gasteiger partial charge in [-0.05, 0) is 35.9 Å². The molecule has 0 heterocycles. The Balaban J connectivity index is 1.84. The molecule has 0 spiro atoms. The minimum absolute atomic E-state index is 0.0383. The highest BCUT2D eigenvalue weighted by atomic mass is 16.5. The van der Waals surface area contributed by atoms with Crippen molar-refractivity contribution in [2.75, 3.05) is 26.1 Å². The lowest BCUT2D eigenvalue weighted by molar-refractivity contribution is -0.146. The van der Waals surface area contributed by atoms with Crippen LogP contribution in [0.25, 0.3) is 0 Å². The van der Waals surface area contributed by atoms with E-state index in [1.54, 1.807) is 49.6 Å². The first-order valence-electron chi connectivity index (χ1n) is 7.92. The number of hydrogen-bond acceptors (Lipinski definition) is 5. The lowest BCUT2D eigenvalue weighted by atomic mass is 10.1. The Morgan fingerprint density at radius 2 is 1.81 bits per heavy atom. The third-order valence-corrected chi connectivity index (χ3v) is 3.48. The SMILES string of the molecule is CNC(=O)c1cccc(NC(=O)COC(=O)Cc2cccc(OC)c2)c1. The van der Waals surface area contributed by atoms with Gasteiger partial charge >= 0.3 is 5.97 Å². The molecule has 7 heteroatoms. The van der Waals surface area contributed by atoms with E-state index in [9.17, 15) is 14.4 Å². The molecule has 2 rings (SSSR count). The van der Waals surface area contributed by atoms with Crippen LogP contribution in [0.1, 0.15) is 15.9 Å². The number of carbonyl (C=O) groups excluding carboxylic acids is 3. The second-order valence-electron chi connectivity index (χ2n) is 5.40. The van der Waals surface area contributed by atoms with Crippen molar-refractivity contribution in [3.05, 3.63) is 59.7 Å². The molecule has 0 saturated heterocycles. The molecule has 136 valence electrons. The van der Waals surface area contributed by atoms with Crippen LogP contribution in [0.5, 0.6) is 5.75 Å². The maximum absolute atomic E-state index is 11.9. The van der Waals surface area contributed by atoms with Gasteiger partial charge in [0.05, 0.1) is 13.5 Å². The molecule has 0 radical (unpaired) electrons. The quantitative estimate of drug-likeness (QED) is 0.738. The van der Waals surface area contributed by atoms with Crippen molar-refractivity contribution in [2.24, 2.45) is 0 Å². The van der Waals surface area contributed by atoms with Gasteiger partial charge in [0.25, 0.3) is 11.8 Å². The molecule has 0 bridgehead atoms. The Bertz CT molecular complexity index is 804. The molecule has 0 saturated carbocycles. The highest BCUT2D eigenvalue weighted by molar-refractivity contribution is 5.97. The number of esters is 1. The van der Waals surface area contributed by atoms with Crippen molar-refractivity contribution >= 4 is 23.5 Å². The summed E-state index contributed by atoms with van der Waals surface area (Å²) < 4.78 is 10.1. The van der Waals surface area contributed by atoms with E-state index in [1.165, 1.54) is 13.1 Å². The van der Waals surface area contributed by atoms with Crippen molar-refractivity contribution in [3.63, 3.8) is 0 Å². The monoisotopic (exact) mass is 356 g/mol. The van der Waals surface area contributed by atoms with Crippen LogP contribution in [0.4, 0.5) is 5.69 Å². The Labute approximate surface area is 151 Å². The Morgan fingerprint density at radius 3 is 2.54 bits per heavy atom. The molecule has 0 aliphatic rings. The van der Waals surface area contributed by atoms with E-state index < -0.39 is 18.5 Å². The number of ether oxygens (including phenoxy) is 2. The standard InChI is InChI=1S/C19H20N2O5/c1-20-19(24)14-6-4-7-15(11-14)21-17(22)12-26-18(23)10-13-5-3-8-16(9-13)25-2/h3-9,11H,10,12H2,1-2H3,(H,20,24)(H,21,22). The summed E-state index contributed by atoms with van der Waals surface area (Å²) >= 11 is 0. The van der Waals surface area contributed by atoms with E-state index in [2.05, 4.69) is 10.6 Å². The second-order valence-corrected chi connectivity index (χ2v) is 5.40. The molecule has 2 aromatic rings. The molecule has 2 amide bonds. The van der Waals surface area contributed by atoms with Crippen LogP contribution in [0.15, 0.2) is 48.5 Å². The van der Waals surface area contributed by atoms with Crippen LogP contribution in [0.3, 0.4) is 0 Å². The average Bonchev–Trinajstić information content (AvgIpc) is 2.66. The molecule has 0 aliphatic carbocycles. The van der Waals surface area contributed by atoms with Gasteiger partial charge in [-0.25, -0.2) is 0 Å². The molecule has 0 aromatic heterocycles. The highest BCUT2D eigenvalue weighted by Crippen LogP contribution is 2.13. The van der Waals surface area contributed by atoms with Crippen molar-refractivity contribution in [1.82, 2.24) is 5.32 Å². The number of anilines is 1. The van der Waals surface area contributed by atoms with Crippen LogP contribution < -0.4 is 15.4 Å². The molecule has 0 fully saturated rings. The van der Waals surface area contributed by atoms with Gasteiger partial charge in [0.15, 0.2) is 6.61 Å². The minimum atomic E-state index is -0.521. The first-order valence-corrected chi connectivity index (χ1v) is 7.92. The van der Waals surface area contributed by atoms with Crippen LogP contribution in [0.2, 0.25) is 0 Å². The topological polar surface area (TPSA) is 93.7 Å². The number of carbonyl (C=O) groups is 3. The fourth-order valence-corrected chi connectivity index (χ4v) is 2.23. The number of amides is 2. The normalized spacial score (nSPS) is 9.92. The zero-order valence-electron chi connectivity index (χ0n) is 14.6. The Morgan fingerprint density at radius 1 is 1.04 bits per heavy atom. The molecule has 2 N–H and O–H groups in total. The fraction of sp³-hybridized carbons (Fsp3) is 0.211.